The van der Waals surface area contributed by atoms with E-state index in [1.54, 1.807) is 37.2 Å². The fourth-order valence-electron chi connectivity index (χ4n) is 3.90. The van der Waals surface area contributed by atoms with E-state index in [9.17, 15) is 9.59 Å². The number of carbonyl (C=O) groups excluding carboxylic acids is 2. The molecule has 1 aliphatic rings. The Morgan fingerprint density at radius 1 is 1.22 bits per heavy atom. The predicted molar refractivity (Wildman–Crippen MR) is 127 cm³/mol. The van der Waals surface area contributed by atoms with Crippen molar-refractivity contribution in [3.05, 3.63) is 52.8 Å². The molecule has 0 N–H and O–H groups in total. The monoisotopic (exact) mass is 499 g/mol. The highest BCUT2D eigenvalue weighted by atomic mass is 79.9. The van der Waals surface area contributed by atoms with Gasteiger partial charge in [0.15, 0.2) is 0 Å². The van der Waals surface area contributed by atoms with Crippen molar-refractivity contribution in [2.24, 2.45) is 0 Å². The zero-order valence-corrected chi connectivity index (χ0v) is 20.0. The normalized spacial score (nSPS) is 14.2. The van der Waals surface area contributed by atoms with Gasteiger partial charge in [0.05, 0.1) is 11.6 Å². The van der Waals surface area contributed by atoms with Crippen LogP contribution in [-0.4, -0.2) is 65.6 Å². The second kappa shape index (κ2) is 9.20. The van der Waals surface area contributed by atoms with E-state index in [1.807, 2.05) is 46.0 Å². The Kier molecular flexibility index (Phi) is 6.36. The Hall–Kier alpha value is -3.07. The summed E-state index contributed by atoms with van der Waals surface area (Å²) < 4.78 is 7.96. The van der Waals surface area contributed by atoms with Gasteiger partial charge in [0.2, 0.25) is 5.91 Å². The van der Waals surface area contributed by atoms with Gasteiger partial charge in [0.25, 0.3) is 0 Å². The quantitative estimate of drug-likeness (QED) is 0.518. The van der Waals surface area contributed by atoms with E-state index < -0.39 is 0 Å². The van der Waals surface area contributed by atoms with E-state index in [4.69, 9.17) is 4.74 Å². The molecule has 2 aromatic heterocycles. The van der Waals surface area contributed by atoms with Gasteiger partial charge in [-0.3, -0.25) is 9.69 Å². The lowest BCUT2D eigenvalue weighted by Crippen LogP contribution is -2.49. The molecular weight excluding hydrogens is 474 g/mol. The van der Waals surface area contributed by atoms with Crippen molar-refractivity contribution in [2.45, 2.75) is 19.5 Å². The third-order valence-corrected chi connectivity index (χ3v) is 6.30. The fraction of sp³-hybridized carbons (Fsp3) is 0.348. The van der Waals surface area contributed by atoms with E-state index in [1.165, 1.54) is 0 Å². The van der Waals surface area contributed by atoms with E-state index in [-0.39, 0.29) is 18.5 Å². The number of halogens is 1. The van der Waals surface area contributed by atoms with E-state index >= 15 is 0 Å². The Morgan fingerprint density at radius 2 is 2.03 bits per heavy atom. The molecule has 3 heterocycles. The summed E-state index contributed by atoms with van der Waals surface area (Å²) in [5, 5.41) is 0.955. The molecule has 9 heteroatoms. The lowest BCUT2D eigenvalue weighted by molar-refractivity contribution is -0.129. The molecule has 1 aliphatic heterocycles. The van der Waals surface area contributed by atoms with Gasteiger partial charge >= 0.3 is 6.03 Å². The fourth-order valence-corrected chi connectivity index (χ4v) is 4.42. The Morgan fingerprint density at radius 3 is 2.75 bits per heavy atom. The number of likely N-dealkylation sites (N-methyl/N-ethyl adjacent to an activating group) is 1. The van der Waals surface area contributed by atoms with Crippen LogP contribution in [0.2, 0.25) is 0 Å². The van der Waals surface area contributed by atoms with E-state index in [2.05, 4.69) is 20.9 Å². The van der Waals surface area contributed by atoms with Gasteiger partial charge in [-0.05, 0) is 58.2 Å². The van der Waals surface area contributed by atoms with E-state index in [0.29, 0.717) is 19.6 Å². The minimum Gasteiger partial charge on any atom is -0.496 e. The maximum atomic E-state index is 13.3. The second-order valence-corrected chi connectivity index (χ2v) is 8.82. The summed E-state index contributed by atoms with van der Waals surface area (Å²) in [7, 11) is 5.09. The Bertz CT molecular complexity index is 1160. The first-order valence-corrected chi connectivity index (χ1v) is 11.2. The molecule has 0 radical (unpaired) electrons. The average molecular weight is 500 g/mol. The summed E-state index contributed by atoms with van der Waals surface area (Å²) in [6.45, 7) is 2.08. The number of ether oxygens (including phenoxy) is 1. The standard InChI is InChI=1S/C23H26BrN5O3/c1-26(2)21(30)15-27-12-8-18-16(7-9-25-22(18)27)14-28-10-4-11-29(23(28)31)17-5-6-20(32-3)19(24)13-17/h5-9,12-13H,4,10-11,14-15H2,1-3H3. The Balaban J connectivity index is 1.56. The number of anilines is 1. The molecule has 0 unspecified atom stereocenters. The van der Waals surface area contributed by atoms with Crippen molar-refractivity contribution in [1.29, 1.82) is 0 Å². The molecule has 0 aliphatic carbocycles. The summed E-state index contributed by atoms with van der Waals surface area (Å²) in [6, 6.07) is 9.55. The number of nitrogens with zero attached hydrogens (tertiary/aromatic N) is 5. The van der Waals surface area contributed by atoms with E-state index in [0.717, 1.165) is 38.9 Å². The lowest BCUT2D eigenvalue weighted by atomic mass is 10.1. The number of fused-ring (bicyclic) bond motifs is 1. The number of carbonyl (C=O) groups is 2. The molecule has 3 amide bonds. The molecule has 0 atom stereocenters. The van der Waals surface area contributed by atoms with Gasteiger partial charge < -0.3 is 19.1 Å². The van der Waals surface area contributed by atoms with Gasteiger partial charge in [0, 0.05) is 57.2 Å². The van der Waals surface area contributed by atoms with Gasteiger partial charge in [-0.2, -0.15) is 0 Å². The van der Waals surface area contributed by atoms with Crippen LogP contribution in [0.5, 0.6) is 5.75 Å². The molecule has 1 fully saturated rings. The zero-order valence-electron chi connectivity index (χ0n) is 18.4. The average Bonchev–Trinajstić information content (AvgIpc) is 3.19. The molecule has 0 bridgehead atoms. The van der Waals surface area contributed by atoms with Crippen LogP contribution in [0.1, 0.15) is 12.0 Å². The highest BCUT2D eigenvalue weighted by Crippen LogP contribution is 2.31. The van der Waals surface area contributed by atoms with Crippen molar-refractivity contribution in [3.63, 3.8) is 0 Å². The van der Waals surface area contributed by atoms with Crippen LogP contribution >= 0.6 is 15.9 Å². The number of aromatic nitrogens is 2. The Labute approximate surface area is 195 Å². The highest BCUT2D eigenvalue weighted by Gasteiger charge is 2.28. The van der Waals surface area contributed by atoms with Gasteiger partial charge in [0.1, 0.15) is 17.9 Å². The first-order chi connectivity index (χ1) is 15.4. The highest BCUT2D eigenvalue weighted by molar-refractivity contribution is 9.10. The predicted octanol–water partition coefficient (Wildman–Crippen LogP) is 3.73. The number of hydrogen-bond acceptors (Lipinski definition) is 4. The van der Waals surface area contributed by atoms with Crippen LogP contribution in [0.3, 0.4) is 0 Å². The maximum absolute atomic E-state index is 13.3. The SMILES string of the molecule is COc1ccc(N2CCCN(Cc3ccnc4c3ccn4CC(=O)N(C)C)C2=O)cc1Br. The summed E-state index contributed by atoms with van der Waals surface area (Å²) >= 11 is 3.51. The summed E-state index contributed by atoms with van der Waals surface area (Å²) in [6.07, 6.45) is 4.49. The second-order valence-electron chi connectivity index (χ2n) is 7.97. The van der Waals surface area contributed by atoms with Gasteiger partial charge in [-0.25, -0.2) is 9.78 Å². The van der Waals surface area contributed by atoms with Crippen LogP contribution in [0.15, 0.2) is 47.2 Å². The largest absolute Gasteiger partial charge is 0.496 e. The number of amides is 3. The van der Waals surface area contributed by atoms with Gasteiger partial charge in [-0.1, -0.05) is 0 Å². The van der Waals surface area contributed by atoms with Gasteiger partial charge in [-0.15, -0.1) is 0 Å². The minimum absolute atomic E-state index is 0.00204. The molecule has 32 heavy (non-hydrogen) atoms. The first kappa shape index (κ1) is 22.1. The van der Waals surface area contributed by atoms with Crippen molar-refractivity contribution >= 4 is 44.6 Å². The zero-order chi connectivity index (χ0) is 22.8. The maximum Gasteiger partial charge on any atom is 0.324 e. The van der Waals surface area contributed by atoms with Crippen LogP contribution in [0.25, 0.3) is 11.0 Å². The number of pyridine rings is 1. The third kappa shape index (κ3) is 4.29. The van der Waals surface area contributed by atoms with Crippen molar-refractivity contribution in [2.75, 3.05) is 39.2 Å². The van der Waals surface area contributed by atoms with Crippen molar-refractivity contribution < 1.29 is 14.3 Å². The topological polar surface area (TPSA) is 70.9 Å². The smallest absolute Gasteiger partial charge is 0.324 e. The number of hydrogen-bond donors (Lipinski definition) is 0. The molecule has 3 aromatic rings. The van der Waals surface area contributed by atoms with Crippen LogP contribution in [0.4, 0.5) is 10.5 Å². The first-order valence-electron chi connectivity index (χ1n) is 10.4. The molecule has 0 spiro atoms. The molecular formula is C23H26BrN5O3. The number of methoxy groups -OCH3 is 1. The van der Waals surface area contributed by atoms with Crippen LogP contribution in [-0.2, 0) is 17.9 Å². The number of rotatable bonds is 6. The minimum atomic E-state index is -0.0273. The number of benzene rings is 1. The van der Waals surface area contributed by atoms with Crippen LogP contribution < -0.4 is 9.64 Å². The van der Waals surface area contributed by atoms with Crippen molar-refractivity contribution in [3.8, 4) is 5.75 Å². The van der Waals surface area contributed by atoms with Crippen molar-refractivity contribution in [1.82, 2.24) is 19.4 Å². The molecule has 1 aromatic carbocycles. The third-order valence-electron chi connectivity index (χ3n) is 5.68. The molecule has 0 saturated carbocycles. The molecule has 8 nitrogen and oxygen atoms in total. The summed E-state index contributed by atoms with van der Waals surface area (Å²) in [5.41, 5.74) is 2.59. The summed E-state index contributed by atoms with van der Waals surface area (Å²) in [5.74, 6) is 0.730. The van der Waals surface area contributed by atoms with Crippen LogP contribution in [0, 0.1) is 0 Å². The molecule has 168 valence electrons. The lowest BCUT2D eigenvalue weighted by Gasteiger charge is -2.36. The molecule has 4 rings (SSSR count). The number of urea groups is 1. The summed E-state index contributed by atoms with van der Waals surface area (Å²) in [4.78, 5) is 35.1. The molecule has 1 saturated heterocycles.